The number of aryl methyl sites for hydroxylation is 2. The van der Waals surface area contributed by atoms with E-state index in [0.717, 1.165) is 17.7 Å². The van der Waals surface area contributed by atoms with Gasteiger partial charge in [0, 0.05) is 11.9 Å². The smallest absolute Gasteiger partial charge is 0.322 e. The molecule has 0 aliphatic carbocycles. The molecule has 0 amide bonds. The summed E-state index contributed by atoms with van der Waals surface area (Å²) in [5, 5.41) is 0. The van der Waals surface area contributed by atoms with Gasteiger partial charge < -0.3 is 4.74 Å². The van der Waals surface area contributed by atoms with Crippen molar-refractivity contribution in [3.05, 3.63) is 47.5 Å². The highest BCUT2D eigenvalue weighted by Gasteiger charge is 2.07. The Morgan fingerprint density at radius 2 is 2.12 bits per heavy atom. The molecule has 88 valence electrons. The molecule has 0 saturated carbocycles. The third-order valence-electron chi connectivity index (χ3n) is 2.38. The molecular formula is C13H13FN2O. The van der Waals surface area contributed by atoms with Gasteiger partial charge in [-0.1, -0.05) is 13.0 Å². The monoisotopic (exact) mass is 232 g/mol. The Labute approximate surface area is 99.3 Å². The van der Waals surface area contributed by atoms with Crippen LogP contribution in [-0.4, -0.2) is 9.97 Å². The summed E-state index contributed by atoms with van der Waals surface area (Å²) in [4.78, 5) is 7.97. The summed E-state index contributed by atoms with van der Waals surface area (Å²) < 4.78 is 18.9. The highest BCUT2D eigenvalue weighted by atomic mass is 19.1. The lowest BCUT2D eigenvalue weighted by Crippen LogP contribution is -1.95. The molecule has 17 heavy (non-hydrogen) atoms. The molecular weight excluding hydrogens is 219 g/mol. The first kappa shape index (κ1) is 11.5. The van der Waals surface area contributed by atoms with E-state index in [-0.39, 0.29) is 11.8 Å². The van der Waals surface area contributed by atoms with Gasteiger partial charge in [0.15, 0.2) is 11.6 Å². The van der Waals surface area contributed by atoms with E-state index in [2.05, 4.69) is 9.97 Å². The van der Waals surface area contributed by atoms with Gasteiger partial charge in [0.2, 0.25) is 0 Å². The highest BCUT2D eigenvalue weighted by molar-refractivity contribution is 5.31. The van der Waals surface area contributed by atoms with Crippen LogP contribution in [0.4, 0.5) is 4.39 Å². The molecule has 0 N–H and O–H groups in total. The molecule has 1 aromatic heterocycles. The number of nitrogens with zero attached hydrogens (tertiary/aromatic N) is 2. The van der Waals surface area contributed by atoms with Crippen molar-refractivity contribution in [2.75, 3.05) is 0 Å². The quantitative estimate of drug-likeness (QED) is 0.814. The van der Waals surface area contributed by atoms with E-state index in [9.17, 15) is 4.39 Å². The standard InChI is InChI=1S/C13H13FN2O/c1-3-10-4-5-12(11(14)8-10)17-13-15-7-6-9(2)16-13/h4-8H,3H2,1-2H3. The van der Waals surface area contributed by atoms with Crippen molar-refractivity contribution in [2.24, 2.45) is 0 Å². The average molecular weight is 232 g/mol. The first-order valence-corrected chi connectivity index (χ1v) is 5.45. The zero-order chi connectivity index (χ0) is 12.3. The normalized spacial score (nSPS) is 10.3. The van der Waals surface area contributed by atoms with Crippen molar-refractivity contribution in [1.29, 1.82) is 0 Å². The van der Waals surface area contributed by atoms with Crippen LogP contribution in [0.1, 0.15) is 18.2 Å². The highest BCUT2D eigenvalue weighted by Crippen LogP contribution is 2.22. The maximum absolute atomic E-state index is 13.6. The molecule has 0 bridgehead atoms. The Hall–Kier alpha value is -1.97. The van der Waals surface area contributed by atoms with Crippen LogP contribution in [-0.2, 0) is 6.42 Å². The summed E-state index contributed by atoms with van der Waals surface area (Å²) in [5.41, 5.74) is 1.71. The van der Waals surface area contributed by atoms with E-state index in [0.29, 0.717) is 0 Å². The lowest BCUT2D eigenvalue weighted by molar-refractivity contribution is 0.409. The Morgan fingerprint density at radius 1 is 1.29 bits per heavy atom. The van der Waals surface area contributed by atoms with Gasteiger partial charge in [-0.3, -0.25) is 0 Å². The second-order valence-corrected chi connectivity index (χ2v) is 3.70. The minimum atomic E-state index is -0.394. The van der Waals surface area contributed by atoms with Gasteiger partial charge in [0.05, 0.1) is 0 Å². The Bertz CT molecular complexity index is 529. The number of hydrogen-bond donors (Lipinski definition) is 0. The molecule has 3 nitrogen and oxygen atoms in total. The van der Waals surface area contributed by atoms with Crippen molar-refractivity contribution in [2.45, 2.75) is 20.3 Å². The Balaban J connectivity index is 2.24. The van der Waals surface area contributed by atoms with E-state index >= 15 is 0 Å². The molecule has 0 radical (unpaired) electrons. The first-order valence-electron chi connectivity index (χ1n) is 5.45. The molecule has 1 aromatic carbocycles. The number of hydrogen-bond acceptors (Lipinski definition) is 3. The molecule has 1 heterocycles. The second-order valence-electron chi connectivity index (χ2n) is 3.70. The van der Waals surface area contributed by atoms with E-state index < -0.39 is 5.82 Å². The predicted molar refractivity (Wildman–Crippen MR) is 62.6 cm³/mol. The number of rotatable bonds is 3. The average Bonchev–Trinajstić information content (AvgIpc) is 2.32. The lowest BCUT2D eigenvalue weighted by Gasteiger charge is -2.06. The zero-order valence-corrected chi connectivity index (χ0v) is 9.77. The van der Waals surface area contributed by atoms with Crippen LogP contribution in [0.5, 0.6) is 11.8 Å². The fraction of sp³-hybridized carbons (Fsp3) is 0.231. The number of halogens is 1. The van der Waals surface area contributed by atoms with Crippen LogP contribution in [0.25, 0.3) is 0 Å². The molecule has 2 rings (SSSR count). The van der Waals surface area contributed by atoms with Gasteiger partial charge in [0.25, 0.3) is 0 Å². The summed E-state index contributed by atoms with van der Waals surface area (Å²) in [6.45, 7) is 3.80. The number of aromatic nitrogens is 2. The molecule has 0 aliphatic heterocycles. The summed E-state index contributed by atoms with van der Waals surface area (Å²) in [6, 6.07) is 6.80. The molecule has 0 aliphatic rings. The molecule has 2 aromatic rings. The summed E-state index contributed by atoms with van der Waals surface area (Å²) in [7, 11) is 0. The van der Waals surface area contributed by atoms with E-state index in [1.54, 1.807) is 18.3 Å². The fourth-order valence-corrected chi connectivity index (χ4v) is 1.42. The van der Waals surface area contributed by atoms with E-state index in [1.165, 1.54) is 6.07 Å². The van der Waals surface area contributed by atoms with Crippen molar-refractivity contribution in [1.82, 2.24) is 9.97 Å². The lowest BCUT2D eigenvalue weighted by atomic mass is 10.1. The summed E-state index contributed by atoms with van der Waals surface area (Å²) in [5.74, 6) is -0.248. The predicted octanol–water partition coefficient (Wildman–Crippen LogP) is 3.28. The Kier molecular flexibility index (Phi) is 3.32. The molecule has 0 fully saturated rings. The van der Waals surface area contributed by atoms with Crippen molar-refractivity contribution in [3.8, 4) is 11.8 Å². The minimum Gasteiger partial charge on any atom is -0.421 e. The van der Waals surface area contributed by atoms with Gasteiger partial charge in [-0.2, -0.15) is 0 Å². The van der Waals surface area contributed by atoms with Gasteiger partial charge in [0.1, 0.15) is 0 Å². The summed E-state index contributed by atoms with van der Waals surface area (Å²) >= 11 is 0. The van der Waals surface area contributed by atoms with Crippen molar-refractivity contribution in [3.63, 3.8) is 0 Å². The van der Waals surface area contributed by atoms with Crippen molar-refractivity contribution >= 4 is 0 Å². The molecule has 0 spiro atoms. The maximum atomic E-state index is 13.6. The van der Waals surface area contributed by atoms with Crippen LogP contribution in [0.15, 0.2) is 30.5 Å². The van der Waals surface area contributed by atoms with E-state index in [4.69, 9.17) is 4.74 Å². The molecule has 0 atom stereocenters. The van der Waals surface area contributed by atoms with Crippen LogP contribution in [0, 0.1) is 12.7 Å². The van der Waals surface area contributed by atoms with Gasteiger partial charge in [-0.05, 0) is 37.1 Å². The third kappa shape index (κ3) is 2.78. The SMILES string of the molecule is CCc1ccc(Oc2nccc(C)n2)c(F)c1. The van der Waals surface area contributed by atoms with Crippen LogP contribution in [0.3, 0.4) is 0 Å². The number of ether oxygens (including phenoxy) is 1. The minimum absolute atomic E-state index is 0.146. The maximum Gasteiger partial charge on any atom is 0.322 e. The van der Waals surface area contributed by atoms with Gasteiger partial charge in [-0.15, -0.1) is 0 Å². The summed E-state index contributed by atoms with van der Waals surface area (Å²) in [6.07, 6.45) is 2.37. The third-order valence-corrected chi connectivity index (χ3v) is 2.38. The Morgan fingerprint density at radius 3 is 2.76 bits per heavy atom. The molecule has 4 heteroatoms. The topological polar surface area (TPSA) is 35.0 Å². The van der Waals surface area contributed by atoms with Crippen LogP contribution in [0.2, 0.25) is 0 Å². The van der Waals surface area contributed by atoms with Crippen LogP contribution >= 0.6 is 0 Å². The molecule has 0 unspecified atom stereocenters. The second kappa shape index (κ2) is 4.91. The number of benzene rings is 1. The van der Waals surface area contributed by atoms with E-state index in [1.807, 2.05) is 19.9 Å². The van der Waals surface area contributed by atoms with Gasteiger partial charge in [-0.25, -0.2) is 14.4 Å². The van der Waals surface area contributed by atoms with Crippen LogP contribution < -0.4 is 4.74 Å². The van der Waals surface area contributed by atoms with Gasteiger partial charge >= 0.3 is 6.01 Å². The zero-order valence-electron chi connectivity index (χ0n) is 9.77. The van der Waals surface area contributed by atoms with Crippen molar-refractivity contribution < 1.29 is 9.13 Å². The first-order chi connectivity index (χ1) is 8.19. The fourth-order valence-electron chi connectivity index (χ4n) is 1.42. The largest absolute Gasteiger partial charge is 0.421 e. The molecule has 0 saturated heterocycles.